The first-order chi connectivity index (χ1) is 15.1. The number of nitrogens with zero attached hydrogens (tertiary/aromatic N) is 3. The molecule has 1 saturated carbocycles. The number of likely N-dealkylation sites (N-methyl/N-ethyl adjacent to an activating group) is 1. The molecule has 1 fully saturated rings. The van der Waals surface area contributed by atoms with Crippen LogP contribution in [0.5, 0.6) is 0 Å². The molecule has 3 aromatic rings. The quantitative estimate of drug-likeness (QED) is 0.514. The van der Waals surface area contributed by atoms with Gasteiger partial charge in [-0.2, -0.15) is 5.10 Å². The Hall–Kier alpha value is -3.52. The van der Waals surface area contributed by atoms with Crippen LogP contribution >= 0.6 is 0 Å². The molecule has 31 heavy (non-hydrogen) atoms. The van der Waals surface area contributed by atoms with E-state index in [4.69, 9.17) is 0 Å². The molecule has 2 aromatic heterocycles. The summed E-state index contributed by atoms with van der Waals surface area (Å²) in [5.41, 5.74) is 2.20. The lowest BCUT2D eigenvalue weighted by Gasteiger charge is -2.23. The highest BCUT2D eigenvalue weighted by Crippen LogP contribution is 2.39. The van der Waals surface area contributed by atoms with Gasteiger partial charge in [-0.05, 0) is 43.0 Å². The number of benzene rings is 1. The number of rotatable bonds is 8. The second-order valence-corrected chi connectivity index (χ2v) is 7.66. The fourth-order valence-corrected chi connectivity index (χ4v) is 3.50. The zero-order valence-electron chi connectivity index (χ0n) is 17.2. The molecule has 1 aromatic carbocycles. The number of hydrogen-bond donors (Lipinski definition) is 3. The summed E-state index contributed by atoms with van der Waals surface area (Å²) >= 11 is 0. The number of hydrogen-bond acceptors (Lipinski definition) is 5. The minimum Gasteiger partial charge on any atom is -0.381 e. The van der Waals surface area contributed by atoms with Gasteiger partial charge in [0.2, 0.25) is 0 Å². The second kappa shape index (κ2) is 9.09. The van der Waals surface area contributed by atoms with Gasteiger partial charge in [0, 0.05) is 25.4 Å². The predicted octanol–water partition coefficient (Wildman–Crippen LogP) is 1.59. The minimum atomic E-state index is -1.40. The Morgan fingerprint density at radius 1 is 1.16 bits per heavy atom. The second-order valence-electron chi connectivity index (χ2n) is 7.66. The smallest absolute Gasteiger partial charge is 0.255 e. The Morgan fingerprint density at radius 2 is 1.94 bits per heavy atom. The van der Waals surface area contributed by atoms with E-state index in [1.165, 1.54) is 7.05 Å². The summed E-state index contributed by atoms with van der Waals surface area (Å²) in [5, 5.41) is 20.4. The van der Waals surface area contributed by atoms with E-state index >= 15 is 0 Å². The van der Waals surface area contributed by atoms with Crippen molar-refractivity contribution >= 4 is 11.8 Å². The van der Waals surface area contributed by atoms with Gasteiger partial charge in [0.15, 0.2) is 11.9 Å². The van der Waals surface area contributed by atoms with Crippen LogP contribution in [-0.4, -0.2) is 50.9 Å². The first-order valence-electron chi connectivity index (χ1n) is 10.3. The van der Waals surface area contributed by atoms with Gasteiger partial charge in [-0.15, -0.1) is 0 Å². The number of pyridine rings is 1. The fraction of sp³-hybridized carbons (Fsp3) is 0.304. The molecule has 4 rings (SSSR count). The number of carbonyl (C=O) groups is 2. The molecule has 0 radical (unpaired) electrons. The average molecular weight is 419 g/mol. The van der Waals surface area contributed by atoms with Gasteiger partial charge in [0.05, 0.1) is 17.3 Å². The van der Waals surface area contributed by atoms with Crippen molar-refractivity contribution in [2.24, 2.45) is 0 Å². The lowest BCUT2D eigenvalue weighted by molar-refractivity contribution is -0.130. The number of nitrogens with one attached hydrogen (secondary N) is 2. The summed E-state index contributed by atoms with van der Waals surface area (Å²) in [6, 6.07) is 13.8. The van der Waals surface area contributed by atoms with Crippen molar-refractivity contribution in [2.75, 3.05) is 7.05 Å². The summed E-state index contributed by atoms with van der Waals surface area (Å²) in [7, 11) is 1.45. The number of carbonyl (C=O) groups excluding carboxylic acids is 2. The van der Waals surface area contributed by atoms with E-state index in [-0.39, 0.29) is 0 Å². The monoisotopic (exact) mass is 419 g/mol. The maximum atomic E-state index is 13.2. The van der Waals surface area contributed by atoms with Gasteiger partial charge in [-0.1, -0.05) is 30.3 Å². The van der Waals surface area contributed by atoms with E-state index in [1.54, 1.807) is 29.2 Å². The SMILES string of the molecule is CNC(=O)C(O)[C@@H](Cc1ccccc1)NC(=O)c1cccnc1-n1ccc(C2CC2)n1. The van der Waals surface area contributed by atoms with Gasteiger partial charge in [-0.25, -0.2) is 9.67 Å². The summed E-state index contributed by atoms with van der Waals surface area (Å²) in [5.74, 6) is -0.107. The predicted molar refractivity (Wildman–Crippen MR) is 115 cm³/mol. The van der Waals surface area contributed by atoms with Crippen LogP contribution in [0.2, 0.25) is 0 Å². The molecular formula is C23H25N5O3. The Morgan fingerprint density at radius 3 is 2.65 bits per heavy atom. The largest absolute Gasteiger partial charge is 0.381 e. The molecule has 0 bridgehead atoms. The first-order valence-corrected chi connectivity index (χ1v) is 10.3. The summed E-state index contributed by atoms with van der Waals surface area (Å²) in [6.45, 7) is 0. The molecule has 2 heterocycles. The van der Waals surface area contributed by atoms with Crippen molar-refractivity contribution in [3.05, 3.63) is 77.7 Å². The molecule has 3 N–H and O–H groups in total. The molecule has 160 valence electrons. The van der Waals surface area contributed by atoms with Crippen LogP contribution < -0.4 is 10.6 Å². The third-order valence-electron chi connectivity index (χ3n) is 5.36. The van der Waals surface area contributed by atoms with Crippen molar-refractivity contribution in [1.29, 1.82) is 0 Å². The lowest BCUT2D eigenvalue weighted by atomic mass is 10.00. The number of amides is 2. The maximum absolute atomic E-state index is 13.2. The number of aliphatic hydroxyl groups is 1. The van der Waals surface area contributed by atoms with Crippen molar-refractivity contribution in [1.82, 2.24) is 25.4 Å². The molecule has 1 aliphatic rings. The molecule has 1 aliphatic carbocycles. The number of aliphatic hydroxyl groups excluding tert-OH is 1. The minimum absolute atomic E-state index is 0.296. The van der Waals surface area contributed by atoms with E-state index in [0.29, 0.717) is 23.7 Å². The average Bonchev–Trinajstić information content (AvgIpc) is 3.54. The van der Waals surface area contributed by atoms with E-state index in [0.717, 1.165) is 24.1 Å². The molecule has 0 saturated heterocycles. The van der Waals surface area contributed by atoms with Crippen molar-refractivity contribution in [2.45, 2.75) is 37.3 Å². The van der Waals surface area contributed by atoms with Crippen molar-refractivity contribution < 1.29 is 14.7 Å². The zero-order valence-corrected chi connectivity index (χ0v) is 17.2. The topological polar surface area (TPSA) is 109 Å². The van der Waals surface area contributed by atoms with Gasteiger partial charge in [0.25, 0.3) is 11.8 Å². The van der Waals surface area contributed by atoms with Crippen LogP contribution in [0.25, 0.3) is 5.82 Å². The maximum Gasteiger partial charge on any atom is 0.255 e. The Balaban J connectivity index is 1.58. The summed E-state index contributed by atoms with van der Waals surface area (Å²) in [4.78, 5) is 29.6. The molecule has 0 spiro atoms. The van der Waals surface area contributed by atoms with E-state index in [2.05, 4.69) is 20.7 Å². The first kappa shape index (κ1) is 20.7. The normalized spacial score (nSPS) is 15.2. The van der Waals surface area contributed by atoms with Crippen LogP contribution in [-0.2, 0) is 11.2 Å². The van der Waals surface area contributed by atoms with Gasteiger partial charge < -0.3 is 15.7 Å². The standard InChI is InChI=1S/C23H25N5O3/c1-24-23(31)20(29)19(14-15-6-3-2-4-7-15)26-22(30)17-8-5-12-25-21(17)28-13-11-18(27-28)16-9-10-16/h2-8,11-13,16,19-20,29H,9-10,14H2,1H3,(H,24,31)(H,26,30)/t19-,20?/m1/s1. The lowest BCUT2D eigenvalue weighted by Crippen LogP contribution is -2.51. The molecule has 2 atom stereocenters. The Bertz CT molecular complexity index is 1060. The highest BCUT2D eigenvalue weighted by Gasteiger charge is 2.29. The van der Waals surface area contributed by atoms with Gasteiger partial charge in [-0.3, -0.25) is 9.59 Å². The highest BCUT2D eigenvalue weighted by molar-refractivity contribution is 5.97. The molecular weight excluding hydrogens is 394 g/mol. The molecule has 0 aliphatic heterocycles. The van der Waals surface area contributed by atoms with Crippen molar-refractivity contribution in [3.63, 3.8) is 0 Å². The molecule has 1 unspecified atom stereocenters. The van der Waals surface area contributed by atoms with E-state index < -0.39 is 24.0 Å². The van der Waals surface area contributed by atoms with Gasteiger partial charge >= 0.3 is 0 Å². The summed E-state index contributed by atoms with van der Waals surface area (Å²) in [6.07, 6.45) is 4.56. The van der Waals surface area contributed by atoms with E-state index in [9.17, 15) is 14.7 Å². The van der Waals surface area contributed by atoms with Crippen LogP contribution in [0.4, 0.5) is 0 Å². The third-order valence-corrected chi connectivity index (χ3v) is 5.36. The Labute approximate surface area is 180 Å². The fourth-order valence-electron chi connectivity index (χ4n) is 3.50. The van der Waals surface area contributed by atoms with Gasteiger partial charge in [0.1, 0.15) is 0 Å². The van der Waals surface area contributed by atoms with Crippen LogP contribution in [0.3, 0.4) is 0 Å². The third kappa shape index (κ3) is 4.80. The van der Waals surface area contributed by atoms with Crippen molar-refractivity contribution in [3.8, 4) is 5.82 Å². The summed E-state index contributed by atoms with van der Waals surface area (Å²) < 4.78 is 1.60. The van der Waals surface area contributed by atoms with Crippen LogP contribution in [0.1, 0.15) is 40.4 Å². The number of aromatic nitrogens is 3. The highest BCUT2D eigenvalue weighted by atomic mass is 16.3. The van der Waals surface area contributed by atoms with Crippen LogP contribution in [0.15, 0.2) is 60.9 Å². The van der Waals surface area contributed by atoms with Crippen LogP contribution in [0, 0.1) is 0 Å². The van der Waals surface area contributed by atoms with E-state index in [1.807, 2.05) is 36.4 Å². The zero-order chi connectivity index (χ0) is 21.8. The molecule has 8 nitrogen and oxygen atoms in total. The molecule has 8 heteroatoms. The molecule has 2 amide bonds. The Kier molecular flexibility index (Phi) is 6.08.